The monoisotopic (exact) mass is 252 g/mol. The molecular weight excluding hydrogens is 232 g/mol. The molecule has 0 aromatic carbocycles. The van der Waals surface area contributed by atoms with Crippen LogP contribution in [0.2, 0.25) is 0 Å². The zero-order valence-corrected chi connectivity index (χ0v) is 11.0. The lowest BCUT2D eigenvalue weighted by Gasteiger charge is -2.21. The average molecular weight is 252 g/mol. The smallest absolute Gasteiger partial charge is 0.315 e. The van der Waals surface area contributed by atoms with Crippen molar-refractivity contribution in [2.45, 2.75) is 38.8 Å². The summed E-state index contributed by atoms with van der Waals surface area (Å²) in [4.78, 5) is 11.6. The summed E-state index contributed by atoms with van der Waals surface area (Å²) in [6, 6.07) is 3.54. The highest BCUT2D eigenvalue weighted by molar-refractivity contribution is 5.74. The molecule has 0 radical (unpaired) electrons. The van der Waals surface area contributed by atoms with E-state index in [-0.39, 0.29) is 18.6 Å². The molecule has 0 spiro atoms. The molecule has 2 rings (SSSR count). The number of aryl methyl sites for hydroxylation is 1. The zero-order valence-electron chi connectivity index (χ0n) is 11.0. The summed E-state index contributed by atoms with van der Waals surface area (Å²) in [5.74, 6) is 1.76. The Hall–Kier alpha value is -1.49. The zero-order chi connectivity index (χ0) is 13.3. The summed E-state index contributed by atoms with van der Waals surface area (Å²) >= 11 is 0. The van der Waals surface area contributed by atoms with E-state index in [0.717, 1.165) is 12.2 Å². The second kappa shape index (κ2) is 4.65. The van der Waals surface area contributed by atoms with Crippen LogP contribution >= 0.6 is 0 Å². The second-order valence-corrected chi connectivity index (χ2v) is 5.33. The number of nitrogens with one attached hydrogen (secondary N) is 2. The maximum absolute atomic E-state index is 11.6. The summed E-state index contributed by atoms with van der Waals surface area (Å²) in [5.41, 5.74) is -1.19. The molecule has 0 aliphatic heterocycles. The molecule has 1 fully saturated rings. The molecule has 100 valence electrons. The van der Waals surface area contributed by atoms with Gasteiger partial charge in [0.1, 0.15) is 17.1 Å². The van der Waals surface area contributed by atoms with Crippen LogP contribution in [0.5, 0.6) is 0 Å². The normalized spacial score (nSPS) is 25.3. The van der Waals surface area contributed by atoms with E-state index in [1.54, 1.807) is 19.1 Å². The number of urea groups is 1. The fourth-order valence-electron chi connectivity index (χ4n) is 1.81. The van der Waals surface area contributed by atoms with Gasteiger partial charge < -0.3 is 20.2 Å². The summed E-state index contributed by atoms with van der Waals surface area (Å²) in [5, 5.41) is 15.7. The van der Waals surface area contributed by atoms with E-state index in [9.17, 15) is 9.90 Å². The summed E-state index contributed by atoms with van der Waals surface area (Å²) in [7, 11) is 0. The minimum absolute atomic E-state index is 0.118. The Balaban J connectivity index is 1.83. The van der Waals surface area contributed by atoms with Gasteiger partial charge in [0, 0.05) is 6.04 Å². The number of furan rings is 1. The van der Waals surface area contributed by atoms with Gasteiger partial charge in [0.2, 0.25) is 0 Å². The summed E-state index contributed by atoms with van der Waals surface area (Å²) in [6.45, 7) is 5.64. The fraction of sp³-hybridized carbons (Fsp3) is 0.615. The van der Waals surface area contributed by atoms with Crippen LogP contribution in [0.1, 0.15) is 31.8 Å². The van der Waals surface area contributed by atoms with Gasteiger partial charge in [-0.15, -0.1) is 0 Å². The van der Waals surface area contributed by atoms with Crippen LogP contribution < -0.4 is 10.6 Å². The summed E-state index contributed by atoms with van der Waals surface area (Å²) in [6.07, 6.45) is 1.03. The summed E-state index contributed by atoms with van der Waals surface area (Å²) < 4.78 is 5.37. The number of aliphatic hydroxyl groups is 1. The van der Waals surface area contributed by atoms with Gasteiger partial charge in [-0.05, 0) is 38.3 Å². The van der Waals surface area contributed by atoms with Crippen LogP contribution in [0.25, 0.3) is 0 Å². The number of rotatable bonds is 4. The van der Waals surface area contributed by atoms with Gasteiger partial charge in [-0.3, -0.25) is 0 Å². The first kappa shape index (κ1) is 13.0. The third kappa shape index (κ3) is 3.04. The van der Waals surface area contributed by atoms with E-state index in [1.807, 2.05) is 6.92 Å². The maximum atomic E-state index is 11.6. The average Bonchev–Trinajstić information content (AvgIpc) is 2.77. The van der Waals surface area contributed by atoms with E-state index in [2.05, 4.69) is 17.6 Å². The lowest BCUT2D eigenvalue weighted by Crippen LogP contribution is -2.44. The van der Waals surface area contributed by atoms with Crippen LogP contribution in [0.15, 0.2) is 16.5 Å². The highest BCUT2D eigenvalue weighted by Crippen LogP contribution is 2.28. The van der Waals surface area contributed by atoms with Gasteiger partial charge in [-0.25, -0.2) is 4.79 Å². The molecule has 3 N–H and O–H groups in total. The van der Waals surface area contributed by atoms with Crippen molar-refractivity contribution in [1.82, 2.24) is 10.6 Å². The van der Waals surface area contributed by atoms with E-state index in [1.165, 1.54) is 0 Å². The van der Waals surface area contributed by atoms with E-state index in [4.69, 9.17) is 4.42 Å². The van der Waals surface area contributed by atoms with Crippen LogP contribution in [-0.2, 0) is 5.60 Å². The third-order valence-electron chi connectivity index (χ3n) is 3.29. The molecule has 3 unspecified atom stereocenters. The Morgan fingerprint density at radius 1 is 1.61 bits per heavy atom. The predicted octanol–water partition coefficient (Wildman–Crippen LogP) is 1.50. The van der Waals surface area contributed by atoms with Crippen molar-refractivity contribution in [3.63, 3.8) is 0 Å². The largest absolute Gasteiger partial charge is 0.463 e. The molecular formula is C13H20N2O3. The Labute approximate surface area is 107 Å². The highest BCUT2D eigenvalue weighted by Gasteiger charge is 2.34. The first-order valence-electron chi connectivity index (χ1n) is 6.22. The minimum Gasteiger partial charge on any atom is -0.463 e. The van der Waals surface area contributed by atoms with Gasteiger partial charge in [-0.1, -0.05) is 6.92 Å². The quantitative estimate of drug-likeness (QED) is 0.760. The Bertz CT molecular complexity index is 439. The molecule has 0 saturated heterocycles. The number of carbonyl (C=O) groups is 1. The van der Waals surface area contributed by atoms with Crippen LogP contribution in [0.3, 0.4) is 0 Å². The number of hydrogen-bond acceptors (Lipinski definition) is 3. The predicted molar refractivity (Wildman–Crippen MR) is 67.1 cm³/mol. The van der Waals surface area contributed by atoms with Crippen LogP contribution in [0, 0.1) is 12.8 Å². The Kier molecular flexibility index (Phi) is 3.34. The minimum atomic E-state index is -1.19. The lowest BCUT2D eigenvalue weighted by atomic mass is 10.0. The van der Waals surface area contributed by atoms with Crippen molar-refractivity contribution in [2.75, 3.05) is 6.54 Å². The van der Waals surface area contributed by atoms with Crippen LogP contribution in [0.4, 0.5) is 4.79 Å². The molecule has 5 heteroatoms. The van der Waals surface area contributed by atoms with E-state index < -0.39 is 5.60 Å². The van der Waals surface area contributed by atoms with Gasteiger partial charge in [-0.2, -0.15) is 0 Å². The number of hydrogen-bond donors (Lipinski definition) is 3. The number of carbonyl (C=O) groups excluding carboxylic acids is 1. The van der Waals surface area contributed by atoms with Crippen molar-refractivity contribution < 1.29 is 14.3 Å². The molecule has 3 atom stereocenters. The highest BCUT2D eigenvalue weighted by atomic mass is 16.4. The molecule has 2 amide bonds. The number of amides is 2. The molecule has 1 aliphatic carbocycles. The molecule has 1 heterocycles. The Morgan fingerprint density at radius 2 is 2.28 bits per heavy atom. The second-order valence-electron chi connectivity index (χ2n) is 5.33. The van der Waals surface area contributed by atoms with Crippen molar-refractivity contribution >= 4 is 6.03 Å². The molecule has 1 aromatic rings. The van der Waals surface area contributed by atoms with E-state index in [0.29, 0.717) is 11.7 Å². The molecule has 1 aliphatic rings. The molecule has 1 saturated carbocycles. The molecule has 18 heavy (non-hydrogen) atoms. The SMILES string of the molecule is Cc1ccc(C(C)(O)CNC(=O)NC2CC2C)o1. The standard InChI is InChI=1S/C13H20N2O3/c1-8-6-10(8)15-12(16)14-7-13(3,17)11-5-4-9(2)18-11/h4-5,8,10,17H,6-7H2,1-3H3,(H2,14,15,16). The maximum Gasteiger partial charge on any atom is 0.315 e. The molecule has 0 bridgehead atoms. The van der Waals surface area contributed by atoms with Crippen molar-refractivity contribution in [2.24, 2.45) is 5.92 Å². The van der Waals surface area contributed by atoms with Crippen molar-refractivity contribution in [3.05, 3.63) is 23.7 Å². The topological polar surface area (TPSA) is 74.5 Å². The van der Waals surface area contributed by atoms with Gasteiger partial charge in [0.15, 0.2) is 0 Å². The van der Waals surface area contributed by atoms with Crippen molar-refractivity contribution in [1.29, 1.82) is 0 Å². The van der Waals surface area contributed by atoms with Gasteiger partial charge in [0.25, 0.3) is 0 Å². The fourth-order valence-corrected chi connectivity index (χ4v) is 1.81. The first-order valence-corrected chi connectivity index (χ1v) is 6.22. The Morgan fingerprint density at radius 3 is 2.78 bits per heavy atom. The lowest BCUT2D eigenvalue weighted by molar-refractivity contribution is 0.0359. The van der Waals surface area contributed by atoms with Gasteiger partial charge >= 0.3 is 6.03 Å². The first-order chi connectivity index (χ1) is 8.38. The van der Waals surface area contributed by atoms with Gasteiger partial charge in [0.05, 0.1) is 6.54 Å². The van der Waals surface area contributed by atoms with Crippen LogP contribution in [-0.4, -0.2) is 23.7 Å². The van der Waals surface area contributed by atoms with Crippen molar-refractivity contribution in [3.8, 4) is 0 Å². The third-order valence-corrected chi connectivity index (χ3v) is 3.29. The molecule has 1 aromatic heterocycles. The molecule has 5 nitrogen and oxygen atoms in total. The van der Waals surface area contributed by atoms with E-state index >= 15 is 0 Å².